The largest absolute Gasteiger partial charge is 0.396 e. The fourth-order valence-corrected chi connectivity index (χ4v) is 1.92. The van der Waals surface area contributed by atoms with Crippen molar-refractivity contribution >= 4 is 5.69 Å². The van der Waals surface area contributed by atoms with E-state index < -0.39 is 21.9 Å². The van der Waals surface area contributed by atoms with Crippen LogP contribution in [-0.4, -0.2) is 25.8 Å². The minimum Gasteiger partial charge on any atom is -0.396 e. The Bertz CT molecular complexity index is 575. The normalized spacial score (nSPS) is 10.7. The summed E-state index contributed by atoms with van der Waals surface area (Å²) in [7, 11) is 0. The average molecular weight is 285 g/mol. The van der Waals surface area contributed by atoms with E-state index in [0.29, 0.717) is 32.2 Å². The summed E-state index contributed by atoms with van der Waals surface area (Å²) in [6.45, 7) is 2.35. The minimum atomic E-state index is -0.864. The van der Waals surface area contributed by atoms with E-state index >= 15 is 0 Å². The molecule has 1 aromatic rings. The molecular formula is C12H19N3O5. The van der Waals surface area contributed by atoms with Gasteiger partial charge in [-0.25, -0.2) is 4.79 Å². The number of aromatic nitrogens is 2. The van der Waals surface area contributed by atoms with E-state index in [0.717, 1.165) is 10.8 Å². The molecule has 1 N–H and O–H groups in total. The highest BCUT2D eigenvalue weighted by molar-refractivity contribution is 5.21. The standard InChI is InChI=1S/C12H19N3O5/c1-2-6-13-9-10(15(19)20)11(17)14(12(13)18)7-4-3-5-8-16/h9,16H,2-8H2,1H3. The summed E-state index contributed by atoms with van der Waals surface area (Å²) in [5.74, 6) is 0. The third kappa shape index (κ3) is 3.77. The first kappa shape index (κ1) is 16.1. The zero-order valence-corrected chi connectivity index (χ0v) is 11.4. The van der Waals surface area contributed by atoms with Gasteiger partial charge in [0, 0.05) is 19.7 Å². The number of nitrogens with zero attached hydrogens (tertiary/aromatic N) is 3. The smallest absolute Gasteiger partial charge is 0.350 e. The molecule has 0 aliphatic rings. The first-order valence-corrected chi connectivity index (χ1v) is 6.62. The van der Waals surface area contributed by atoms with Crippen molar-refractivity contribution in [1.29, 1.82) is 0 Å². The molecule has 112 valence electrons. The maximum atomic E-state index is 12.1. The molecule has 0 aliphatic carbocycles. The lowest BCUT2D eigenvalue weighted by molar-refractivity contribution is -0.387. The van der Waals surface area contributed by atoms with Crippen LogP contribution in [0.5, 0.6) is 0 Å². The molecule has 0 unspecified atom stereocenters. The molecule has 0 amide bonds. The highest BCUT2D eigenvalue weighted by atomic mass is 16.6. The number of unbranched alkanes of at least 4 members (excludes halogenated alkanes) is 2. The second kappa shape index (κ2) is 7.59. The monoisotopic (exact) mass is 285 g/mol. The molecule has 0 saturated heterocycles. The van der Waals surface area contributed by atoms with Gasteiger partial charge in [0.05, 0.1) is 11.1 Å². The molecule has 20 heavy (non-hydrogen) atoms. The van der Waals surface area contributed by atoms with Gasteiger partial charge in [-0.05, 0) is 25.7 Å². The Morgan fingerprint density at radius 2 is 1.95 bits per heavy atom. The summed E-state index contributed by atoms with van der Waals surface area (Å²) in [5.41, 5.74) is -1.97. The summed E-state index contributed by atoms with van der Waals surface area (Å²) in [4.78, 5) is 34.1. The molecule has 0 aliphatic heterocycles. The Labute approximate surface area is 115 Å². The Morgan fingerprint density at radius 3 is 2.50 bits per heavy atom. The maximum Gasteiger partial charge on any atom is 0.350 e. The Kier molecular flexibility index (Phi) is 6.10. The van der Waals surface area contributed by atoms with Crippen LogP contribution < -0.4 is 11.2 Å². The number of hydrogen-bond donors (Lipinski definition) is 1. The van der Waals surface area contributed by atoms with Crippen LogP contribution in [-0.2, 0) is 13.1 Å². The van der Waals surface area contributed by atoms with Gasteiger partial charge in [-0.1, -0.05) is 6.92 Å². The van der Waals surface area contributed by atoms with Crippen molar-refractivity contribution in [2.45, 2.75) is 45.7 Å². The molecular weight excluding hydrogens is 266 g/mol. The highest BCUT2D eigenvalue weighted by Crippen LogP contribution is 2.02. The SMILES string of the molecule is CCCn1cc([N+](=O)[O-])c(=O)n(CCCCCO)c1=O. The van der Waals surface area contributed by atoms with Crippen molar-refractivity contribution in [2.75, 3.05) is 6.61 Å². The van der Waals surface area contributed by atoms with Crippen LogP contribution in [0.15, 0.2) is 15.8 Å². The lowest BCUT2D eigenvalue weighted by Gasteiger charge is -2.09. The number of aliphatic hydroxyl groups excluding tert-OH is 1. The molecule has 0 radical (unpaired) electrons. The third-order valence-corrected chi connectivity index (χ3v) is 2.92. The van der Waals surface area contributed by atoms with E-state index in [-0.39, 0.29) is 13.2 Å². The first-order chi connectivity index (χ1) is 9.52. The summed E-state index contributed by atoms with van der Waals surface area (Å²) in [6.07, 6.45) is 3.40. The van der Waals surface area contributed by atoms with E-state index in [9.17, 15) is 19.7 Å². The van der Waals surface area contributed by atoms with Gasteiger partial charge in [-0.3, -0.25) is 24.0 Å². The molecule has 0 aromatic carbocycles. The van der Waals surface area contributed by atoms with Gasteiger partial charge in [0.25, 0.3) is 0 Å². The number of rotatable bonds is 8. The minimum absolute atomic E-state index is 0.0455. The van der Waals surface area contributed by atoms with Gasteiger partial charge in [-0.15, -0.1) is 0 Å². The molecule has 0 saturated carbocycles. The fraction of sp³-hybridized carbons (Fsp3) is 0.667. The lowest BCUT2D eigenvalue weighted by atomic mass is 10.2. The topological polar surface area (TPSA) is 107 Å². The van der Waals surface area contributed by atoms with Gasteiger partial charge in [0.1, 0.15) is 0 Å². The summed E-state index contributed by atoms with van der Waals surface area (Å²) < 4.78 is 2.11. The fourth-order valence-electron chi connectivity index (χ4n) is 1.92. The molecule has 0 bridgehead atoms. The quantitative estimate of drug-likeness (QED) is 0.425. The average Bonchev–Trinajstić information content (AvgIpc) is 2.40. The zero-order valence-electron chi connectivity index (χ0n) is 11.4. The molecule has 0 spiro atoms. The van der Waals surface area contributed by atoms with E-state index in [1.807, 2.05) is 6.92 Å². The van der Waals surface area contributed by atoms with Crippen LogP contribution in [0.25, 0.3) is 0 Å². The molecule has 0 fully saturated rings. The third-order valence-electron chi connectivity index (χ3n) is 2.92. The second-order valence-electron chi connectivity index (χ2n) is 4.49. The van der Waals surface area contributed by atoms with Crippen molar-refractivity contribution in [3.63, 3.8) is 0 Å². The van der Waals surface area contributed by atoms with E-state index in [2.05, 4.69) is 0 Å². The zero-order chi connectivity index (χ0) is 15.1. The Balaban J connectivity index is 3.15. The van der Waals surface area contributed by atoms with Crippen molar-refractivity contribution in [3.05, 3.63) is 37.1 Å². The summed E-state index contributed by atoms with van der Waals surface area (Å²) in [6, 6.07) is 0. The number of hydrogen-bond acceptors (Lipinski definition) is 5. The molecule has 0 atom stereocenters. The number of nitro groups is 1. The van der Waals surface area contributed by atoms with Crippen LogP contribution >= 0.6 is 0 Å². The van der Waals surface area contributed by atoms with Crippen molar-refractivity contribution < 1.29 is 10.0 Å². The van der Waals surface area contributed by atoms with E-state index in [4.69, 9.17) is 5.11 Å². The van der Waals surface area contributed by atoms with Crippen LogP contribution in [0.1, 0.15) is 32.6 Å². The summed E-state index contributed by atoms with van der Waals surface area (Å²) >= 11 is 0. The second-order valence-corrected chi connectivity index (χ2v) is 4.49. The van der Waals surface area contributed by atoms with Gasteiger partial charge < -0.3 is 5.11 Å². The lowest BCUT2D eigenvalue weighted by Crippen LogP contribution is -2.40. The van der Waals surface area contributed by atoms with Crippen molar-refractivity contribution in [2.24, 2.45) is 0 Å². The molecule has 8 nitrogen and oxygen atoms in total. The predicted molar refractivity (Wildman–Crippen MR) is 72.8 cm³/mol. The Hall–Kier alpha value is -1.96. The van der Waals surface area contributed by atoms with Gasteiger partial charge in [0.2, 0.25) is 0 Å². The number of aryl methyl sites for hydroxylation is 1. The Morgan fingerprint density at radius 1 is 1.25 bits per heavy atom. The summed E-state index contributed by atoms with van der Waals surface area (Å²) in [5, 5.41) is 19.5. The van der Waals surface area contributed by atoms with Gasteiger partial charge in [0.15, 0.2) is 0 Å². The molecule has 1 heterocycles. The van der Waals surface area contributed by atoms with E-state index in [1.165, 1.54) is 4.57 Å². The van der Waals surface area contributed by atoms with Crippen LogP contribution in [0.4, 0.5) is 5.69 Å². The molecule has 8 heteroatoms. The van der Waals surface area contributed by atoms with Crippen LogP contribution in [0.3, 0.4) is 0 Å². The number of aliphatic hydroxyl groups is 1. The molecule has 1 rings (SSSR count). The van der Waals surface area contributed by atoms with Crippen molar-refractivity contribution in [1.82, 2.24) is 9.13 Å². The maximum absolute atomic E-state index is 12.1. The first-order valence-electron chi connectivity index (χ1n) is 6.62. The van der Waals surface area contributed by atoms with Crippen molar-refractivity contribution in [3.8, 4) is 0 Å². The highest BCUT2D eigenvalue weighted by Gasteiger charge is 2.19. The van der Waals surface area contributed by atoms with Crippen LogP contribution in [0.2, 0.25) is 0 Å². The molecule has 1 aromatic heterocycles. The predicted octanol–water partition coefficient (Wildman–Crippen LogP) is 0.491. The van der Waals surface area contributed by atoms with E-state index in [1.54, 1.807) is 0 Å². The van der Waals surface area contributed by atoms with Crippen LogP contribution in [0, 0.1) is 10.1 Å². The van der Waals surface area contributed by atoms with Gasteiger partial charge in [-0.2, -0.15) is 0 Å². The van der Waals surface area contributed by atoms with Gasteiger partial charge >= 0.3 is 16.9 Å².